The molecule has 7 aliphatic rings. The first-order chi connectivity index (χ1) is 21.5. The highest BCUT2D eigenvalue weighted by Crippen LogP contribution is 2.67. The van der Waals surface area contributed by atoms with E-state index in [4.69, 9.17) is 4.74 Å². The van der Waals surface area contributed by atoms with Crippen LogP contribution in [0.3, 0.4) is 0 Å². The predicted molar refractivity (Wildman–Crippen MR) is 175 cm³/mol. The van der Waals surface area contributed by atoms with Crippen LogP contribution in [0.2, 0.25) is 0 Å². The minimum Gasteiger partial charge on any atom is -0.469 e. The van der Waals surface area contributed by atoms with E-state index in [0.29, 0.717) is 11.8 Å². The van der Waals surface area contributed by atoms with Crippen LogP contribution < -0.4 is 0 Å². The molecule has 15 unspecified atom stereocenters. The van der Waals surface area contributed by atoms with Gasteiger partial charge in [0.25, 0.3) is 0 Å². The van der Waals surface area contributed by atoms with Gasteiger partial charge in [0.2, 0.25) is 0 Å². The van der Waals surface area contributed by atoms with Crippen molar-refractivity contribution in [2.75, 3.05) is 7.11 Å². The van der Waals surface area contributed by atoms with Gasteiger partial charge in [0, 0.05) is 0 Å². The molecule has 7 rings (SSSR count). The lowest BCUT2D eigenvalue weighted by atomic mass is 9.70. The Bertz CT molecular complexity index is 1090. The van der Waals surface area contributed by atoms with E-state index < -0.39 is 11.9 Å². The molecule has 1 aliphatic heterocycles. The summed E-state index contributed by atoms with van der Waals surface area (Å²) in [6.07, 6.45) is 10.3. The molecule has 7 fully saturated rings. The van der Waals surface area contributed by atoms with Gasteiger partial charge >= 0.3 is 23.9 Å². The van der Waals surface area contributed by atoms with Crippen molar-refractivity contribution in [2.45, 2.75) is 125 Å². The highest BCUT2D eigenvalue weighted by molar-refractivity contribution is 5.95. The van der Waals surface area contributed by atoms with Crippen molar-refractivity contribution in [3.63, 3.8) is 0 Å². The number of fused-ring (bicyclic) bond motifs is 11. The number of esters is 4. The van der Waals surface area contributed by atoms with Crippen molar-refractivity contribution in [1.82, 2.24) is 0 Å². The fraction of sp³-hybridized carbons (Fsp3) is 0.895. The second kappa shape index (κ2) is 14.7. The second-order valence-corrected chi connectivity index (χ2v) is 16.9. The number of aliphatic hydroxyl groups is 1. The van der Waals surface area contributed by atoms with Gasteiger partial charge < -0.3 is 19.3 Å². The summed E-state index contributed by atoms with van der Waals surface area (Å²) in [7, 11) is 1.41. The van der Waals surface area contributed by atoms with Crippen molar-refractivity contribution in [3.05, 3.63) is 0 Å². The van der Waals surface area contributed by atoms with Gasteiger partial charge in [-0.1, -0.05) is 41.5 Å². The van der Waals surface area contributed by atoms with Crippen molar-refractivity contribution in [1.29, 1.82) is 0 Å². The first-order valence-corrected chi connectivity index (χ1v) is 18.2. The molecule has 262 valence electrons. The third kappa shape index (κ3) is 7.68. The van der Waals surface area contributed by atoms with Crippen molar-refractivity contribution >= 4 is 23.9 Å². The minimum atomic E-state index is -0.396. The van der Waals surface area contributed by atoms with Gasteiger partial charge in [0.05, 0.1) is 36.9 Å². The Morgan fingerprint density at radius 3 is 1.83 bits per heavy atom. The largest absolute Gasteiger partial charge is 0.469 e. The predicted octanol–water partition coefficient (Wildman–Crippen LogP) is 6.85. The Morgan fingerprint density at radius 2 is 1.39 bits per heavy atom. The van der Waals surface area contributed by atoms with Gasteiger partial charge in [0.1, 0.15) is 5.60 Å². The number of carbonyl (C=O) groups excluding carboxylic acids is 4. The van der Waals surface area contributed by atoms with Crippen LogP contribution in [0, 0.1) is 82.9 Å². The molecule has 0 spiro atoms. The molecule has 6 bridgehead atoms. The molecule has 6 saturated carbocycles. The standard InChI is InChI=1S/C14H24O2.C12H18O.C6H8O3.C6H12O2/c1-8-9(2)11-6-10(8)7-12(11)13(15)16-14(3,4)5;13-10-5-8-4-9(10)12-7-2-1-6(3-7)11(8)12;1-3-4(2)6(8)9-5(3)7;1-4-5(2)6(7)8-3/h8-12H,6-7H2,1-5H3;6-13H,1-5H2;3-4H,1-2H3;5H,4H2,1-3H3. The summed E-state index contributed by atoms with van der Waals surface area (Å²) in [5, 5.41) is 9.89. The molecule has 1 N–H and O–H groups in total. The maximum Gasteiger partial charge on any atom is 0.317 e. The van der Waals surface area contributed by atoms with Crippen LogP contribution in [0.5, 0.6) is 0 Å². The molecule has 1 saturated heterocycles. The van der Waals surface area contributed by atoms with E-state index in [1.165, 1.54) is 39.2 Å². The highest BCUT2D eigenvalue weighted by Gasteiger charge is 2.62. The topological polar surface area (TPSA) is 116 Å². The zero-order valence-corrected chi connectivity index (χ0v) is 30.1. The van der Waals surface area contributed by atoms with Gasteiger partial charge in [-0.3, -0.25) is 19.2 Å². The first-order valence-electron chi connectivity index (χ1n) is 18.2. The van der Waals surface area contributed by atoms with Crippen LogP contribution in [0.25, 0.3) is 0 Å². The first kappa shape index (κ1) is 36.9. The van der Waals surface area contributed by atoms with Crippen LogP contribution in [0.15, 0.2) is 0 Å². The summed E-state index contributed by atoms with van der Waals surface area (Å²) in [4.78, 5) is 43.7. The lowest BCUT2D eigenvalue weighted by molar-refractivity contribution is -0.163. The molecule has 0 aromatic heterocycles. The second-order valence-electron chi connectivity index (χ2n) is 16.9. The molecular formula is C38H62O8. The van der Waals surface area contributed by atoms with Crippen LogP contribution in [-0.2, 0) is 33.4 Å². The van der Waals surface area contributed by atoms with E-state index in [9.17, 15) is 24.3 Å². The van der Waals surface area contributed by atoms with Gasteiger partial charge in [-0.25, -0.2) is 0 Å². The monoisotopic (exact) mass is 646 g/mol. The molecule has 0 aromatic carbocycles. The van der Waals surface area contributed by atoms with Crippen LogP contribution in [-0.4, -0.2) is 47.8 Å². The van der Waals surface area contributed by atoms with Crippen molar-refractivity contribution in [2.24, 2.45) is 82.9 Å². The summed E-state index contributed by atoms with van der Waals surface area (Å²) in [5.74, 6) is 7.48. The average Bonchev–Trinajstić information content (AvgIpc) is 3.86. The van der Waals surface area contributed by atoms with Crippen molar-refractivity contribution < 1.29 is 38.5 Å². The maximum absolute atomic E-state index is 12.1. The summed E-state index contributed by atoms with van der Waals surface area (Å²) < 4.78 is 14.3. The van der Waals surface area contributed by atoms with Gasteiger partial charge in [-0.2, -0.15) is 0 Å². The third-order valence-corrected chi connectivity index (χ3v) is 13.2. The third-order valence-electron chi connectivity index (χ3n) is 13.2. The zero-order chi connectivity index (χ0) is 34.2. The number of hydrogen-bond acceptors (Lipinski definition) is 8. The Kier molecular flexibility index (Phi) is 11.7. The molecular weight excluding hydrogens is 584 g/mol. The molecule has 15 atom stereocenters. The van der Waals surface area contributed by atoms with E-state index in [-0.39, 0.29) is 47.3 Å². The minimum absolute atomic E-state index is 0.0405. The van der Waals surface area contributed by atoms with Crippen LogP contribution in [0.4, 0.5) is 0 Å². The molecule has 1 heterocycles. The molecule has 0 radical (unpaired) electrons. The smallest absolute Gasteiger partial charge is 0.317 e. The Hall–Kier alpha value is -1.96. The SMILES string of the molecule is CC1C(=O)OC(=O)C1C.CC1C2CC(C(=O)OC(C)(C)C)C(C2)C1C.CCC(C)C(=O)OC.OC1CC2CC1C1C3CCC(C3)C21. The molecule has 6 aliphatic carbocycles. The highest BCUT2D eigenvalue weighted by atomic mass is 16.6. The van der Waals surface area contributed by atoms with Gasteiger partial charge in [-0.05, 0) is 131 Å². The van der Waals surface area contributed by atoms with Gasteiger partial charge in [0.15, 0.2) is 0 Å². The summed E-state index contributed by atoms with van der Waals surface area (Å²) in [6, 6.07) is 0. The number of rotatable bonds is 3. The fourth-order valence-electron chi connectivity index (χ4n) is 10.2. The Morgan fingerprint density at radius 1 is 0.826 bits per heavy atom. The number of cyclic esters (lactones) is 2. The molecule has 0 aromatic rings. The summed E-state index contributed by atoms with van der Waals surface area (Å²) >= 11 is 0. The molecule has 46 heavy (non-hydrogen) atoms. The Labute approximate surface area is 277 Å². The lowest BCUT2D eigenvalue weighted by Gasteiger charge is -2.36. The number of carbonyl (C=O) groups is 4. The van der Waals surface area contributed by atoms with E-state index in [0.717, 1.165) is 66.6 Å². The quantitative estimate of drug-likeness (QED) is 0.153. The molecule has 0 amide bonds. The van der Waals surface area contributed by atoms with E-state index in [1.807, 2.05) is 34.6 Å². The van der Waals surface area contributed by atoms with E-state index in [1.54, 1.807) is 13.8 Å². The van der Waals surface area contributed by atoms with Crippen molar-refractivity contribution in [3.8, 4) is 0 Å². The molecule has 8 heteroatoms. The maximum atomic E-state index is 12.1. The number of hydrogen-bond donors (Lipinski definition) is 1. The van der Waals surface area contributed by atoms with Gasteiger partial charge in [-0.15, -0.1) is 0 Å². The van der Waals surface area contributed by atoms with E-state index >= 15 is 0 Å². The number of aliphatic hydroxyl groups excluding tert-OH is 1. The summed E-state index contributed by atoms with van der Waals surface area (Å²) in [5.41, 5.74) is -0.340. The average molecular weight is 647 g/mol. The number of ether oxygens (including phenoxy) is 3. The fourth-order valence-corrected chi connectivity index (χ4v) is 10.2. The lowest BCUT2D eigenvalue weighted by Crippen LogP contribution is -2.35. The molecule has 8 nitrogen and oxygen atoms in total. The number of methoxy groups -OCH3 is 1. The zero-order valence-electron chi connectivity index (χ0n) is 30.1. The Balaban J connectivity index is 0.000000145. The normalized spacial score (nSPS) is 42.9. The summed E-state index contributed by atoms with van der Waals surface area (Å²) in [6.45, 7) is 17.7. The van der Waals surface area contributed by atoms with Crippen LogP contribution >= 0.6 is 0 Å². The van der Waals surface area contributed by atoms with Crippen LogP contribution in [0.1, 0.15) is 114 Å². The van der Waals surface area contributed by atoms with E-state index in [2.05, 4.69) is 23.3 Å².